The van der Waals surface area contributed by atoms with E-state index in [0.29, 0.717) is 0 Å². The summed E-state index contributed by atoms with van der Waals surface area (Å²) in [4.78, 5) is 11.5. The van der Waals surface area contributed by atoms with Gasteiger partial charge in [0.05, 0.1) is 12.5 Å². The van der Waals surface area contributed by atoms with Gasteiger partial charge in [0.25, 0.3) is 0 Å². The molecule has 2 heteroatoms. The average Bonchev–Trinajstić information content (AvgIpc) is 2.61. The normalized spacial score (nSPS) is 19.1. The van der Waals surface area contributed by atoms with Gasteiger partial charge in [-0.15, -0.1) is 0 Å². The lowest BCUT2D eigenvalue weighted by molar-refractivity contribution is -0.144. The van der Waals surface area contributed by atoms with Crippen LogP contribution in [0.3, 0.4) is 0 Å². The van der Waals surface area contributed by atoms with Gasteiger partial charge < -0.3 is 4.74 Å². The number of hydrogen-bond acceptors (Lipinski definition) is 2. The fraction of sp³-hybridized carbons (Fsp3) is 0.333. The van der Waals surface area contributed by atoms with Gasteiger partial charge in [0, 0.05) is 0 Å². The van der Waals surface area contributed by atoms with Crippen LogP contribution < -0.4 is 0 Å². The Morgan fingerprint density at radius 2 is 2.29 bits per heavy atom. The molecule has 0 spiro atoms. The lowest BCUT2D eigenvalue weighted by atomic mass is 10.0. The van der Waals surface area contributed by atoms with Gasteiger partial charge in [-0.1, -0.05) is 24.3 Å². The maximum atomic E-state index is 11.5. The summed E-state index contributed by atoms with van der Waals surface area (Å²) >= 11 is 0. The highest BCUT2D eigenvalue weighted by atomic mass is 16.5. The fourth-order valence-corrected chi connectivity index (χ4v) is 2.00. The third kappa shape index (κ3) is 1.52. The van der Waals surface area contributed by atoms with Crippen LogP contribution in [0, 0.1) is 6.92 Å². The molecule has 1 aliphatic rings. The molecule has 0 N–H and O–H groups in total. The van der Waals surface area contributed by atoms with Crippen LogP contribution in [0.15, 0.2) is 24.3 Å². The van der Waals surface area contributed by atoms with E-state index in [1.165, 1.54) is 5.56 Å². The molecule has 14 heavy (non-hydrogen) atoms. The molecule has 0 bridgehead atoms. The lowest BCUT2D eigenvalue weighted by Crippen LogP contribution is -2.13. The lowest BCUT2D eigenvalue weighted by Gasteiger charge is -2.09. The maximum absolute atomic E-state index is 11.5. The van der Waals surface area contributed by atoms with E-state index in [0.717, 1.165) is 18.4 Å². The zero-order valence-electron chi connectivity index (χ0n) is 8.03. The summed E-state index contributed by atoms with van der Waals surface area (Å²) in [5, 5.41) is 0. The van der Waals surface area contributed by atoms with Crippen molar-refractivity contribution in [2.75, 3.05) is 6.61 Å². The molecule has 0 heterocycles. The predicted molar refractivity (Wildman–Crippen MR) is 53.8 cm³/mol. The standard InChI is InChI=1S/C12H13O2/c1-2-14-12(13)11-8-7-9-5-3-4-6-10(9)11/h3-6,11H,1-2,7-8H2. The minimum Gasteiger partial charge on any atom is -0.465 e. The average molecular weight is 189 g/mol. The second kappa shape index (κ2) is 3.82. The van der Waals surface area contributed by atoms with E-state index in [2.05, 4.69) is 13.0 Å². The Kier molecular flexibility index (Phi) is 2.53. The Labute approximate surface area is 83.9 Å². The van der Waals surface area contributed by atoms with E-state index in [4.69, 9.17) is 4.74 Å². The highest BCUT2D eigenvalue weighted by Crippen LogP contribution is 2.33. The number of carbonyl (C=O) groups excluding carboxylic acids is 1. The second-order valence-electron chi connectivity index (χ2n) is 3.46. The maximum Gasteiger partial charge on any atom is 0.313 e. The zero-order valence-corrected chi connectivity index (χ0v) is 8.03. The quantitative estimate of drug-likeness (QED) is 0.666. The van der Waals surface area contributed by atoms with Crippen molar-refractivity contribution in [3.8, 4) is 0 Å². The van der Waals surface area contributed by atoms with Crippen molar-refractivity contribution < 1.29 is 9.53 Å². The predicted octanol–water partition coefficient (Wildman–Crippen LogP) is 2.09. The molecule has 0 saturated heterocycles. The highest BCUT2D eigenvalue weighted by Gasteiger charge is 2.28. The molecule has 1 aromatic rings. The van der Waals surface area contributed by atoms with Gasteiger partial charge in [0.15, 0.2) is 0 Å². The molecule has 2 nitrogen and oxygen atoms in total. The van der Waals surface area contributed by atoms with Gasteiger partial charge in [0.2, 0.25) is 0 Å². The summed E-state index contributed by atoms with van der Waals surface area (Å²) in [6.45, 7) is 3.73. The first-order chi connectivity index (χ1) is 6.83. The molecule has 1 aliphatic carbocycles. The first-order valence-electron chi connectivity index (χ1n) is 4.86. The molecule has 0 aromatic heterocycles. The number of carbonyl (C=O) groups is 1. The molecule has 0 saturated carbocycles. The van der Waals surface area contributed by atoms with Gasteiger partial charge in [-0.05, 0) is 30.9 Å². The number of ether oxygens (including phenoxy) is 1. The van der Waals surface area contributed by atoms with Crippen molar-refractivity contribution in [2.24, 2.45) is 0 Å². The van der Waals surface area contributed by atoms with Crippen LogP contribution in [0.4, 0.5) is 0 Å². The number of hydrogen-bond donors (Lipinski definition) is 0. The van der Waals surface area contributed by atoms with Crippen LogP contribution in [-0.4, -0.2) is 12.6 Å². The van der Waals surface area contributed by atoms with E-state index in [9.17, 15) is 4.79 Å². The van der Waals surface area contributed by atoms with Crippen LogP contribution in [-0.2, 0) is 16.0 Å². The Balaban J connectivity index is 2.21. The van der Waals surface area contributed by atoms with Crippen molar-refractivity contribution in [2.45, 2.75) is 18.8 Å². The molecule has 0 fully saturated rings. The number of esters is 1. The van der Waals surface area contributed by atoms with Crippen molar-refractivity contribution >= 4 is 5.97 Å². The van der Waals surface area contributed by atoms with Gasteiger partial charge >= 0.3 is 5.97 Å². The molecule has 1 aromatic carbocycles. The third-order valence-corrected chi connectivity index (χ3v) is 2.66. The van der Waals surface area contributed by atoms with Crippen LogP contribution in [0.25, 0.3) is 0 Å². The van der Waals surface area contributed by atoms with Crippen LogP contribution in [0.5, 0.6) is 0 Å². The molecular formula is C12H13O2. The van der Waals surface area contributed by atoms with Gasteiger partial charge in [-0.3, -0.25) is 4.79 Å². The summed E-state index contributed by atoms with van der Waals surface area (Å²) in [5.41, 5.74) is 2.41. The topological polar surface area (TPSA) is 26.3 Å². The molecule has 0 amide bonds. The summed E-state index contributed by atoms with van der Waals surface area (Å²) in [7, 11) is 0. The van der Waals surface area contributed by atoms with E-state index in [-0.39, 0.29) is 18.5 Å². The summed E-state index contributed by atoms with van der Waals surface area (Å²) in [5.74, 6) is -0.196. The van der Waals surface area contributed by atoms with Gasteiger partial charge in [0.1, 0.15) is 0 Å². The van der Waals surface area contributed by atoms with Crippen molar-refractivity contribution in [1.29, 1.82) is 0 Å². The number of rotatable bonds is 2. The second-order valence-corrected chi connectivity index (χ2v) is 3.46. The van der Waals surface area contributed by atoms with Crippen molar-refractivity contribution in [3.05, 3.63) is 42.3 Å². The first-order valence-corrected chi connectivity index (χ1v) is 4.86. The SMILES string of the molecule is [CH2]COC(=O)C1CCc2ccccc21. The minimum atomic E-state index is -0.134. The van der Waals surface area contributed by atoms with Gasteiger partial charge in [-0.2, -0.15) is 0 Å². The van der Waals surface area contributed by atoms with E-state index < -0.39 is 0 Å². The Hall–Kier alpha value is -1.31. The van der Waals surface area contributed by atoms with Crippen LogP contribution in [0.1, 0.15) is 23.5 Å². The molecule has 2 rings (SSSR count). The highest BCUT2D eigenvalue weighted by molar-refractivity contribution is 5.79. The fourth-order valence-electron chi connectivity index (χ4n) is 2.00. The number of fused-ring (bicyclic) bond motifs is 1. The molecule has 1 atom stereocenters. The number of benzene rings is 1. The van der Waals surface area contributed by atoms with E-state index in [1.54, 1.807) is 0 Å². The van der Waals surface area contributed by atoms with Crippen LogP contribution in [0.2, 0.25) is 0 Å². The molecule has 0 aliphatic heterocycles. The molecular weight excluding hydrogens is 176 g/mol. The first kappa shape index (κ1) is 9.25. The van der Waals surface area contributed by atoms with Gasteiger partial charge in [-0.25, -0.2) is 0 Å². The van der Waals surface area contributed by atoms with Crippen molar-refractivity contribution in [1.82, 2.24) is 0 Å². The monoisotopic (exact) mass is 189 g/mol. The van der Waals surface area contributed by atoms with Crippen molar-refractivity contribution in [3.63, 3.8) is 0 Å². The molecule has 1 radical (unpaired) electrons. The minimum absolute atomic E-state index is 0.0621. The Bertz CT molecular complexity index is 344. The van der Waals surface area contributed by atoms with E-state index in [1.807, 2.05) is 18.2 Å². The molecule has 1 unspecified atom stereocenters. The van der Waals surface area contributed by atoms with Crippen LogP contribution >= 0.6 is 0 Å². The smallest absolute Gasteiger partial charge is 0.313 e. The zero-order chi connectivity index (χ0) is 9.97. The Morgan fingerprint density at radius 1 is 1.50 bits per heavy atom. The summed E-state index contributed by atoms with van der Waals surface area (Å²) in [6, 6.07) is 8.06. The van der Waals surface area contributed by atoms with E-state index >= 15 is 0 Å². The molecule has 73 valence electrons. The Morgan fingerprint density at radius 3 is 3.07 bits per heavy atom. The summed E-state index contributed by atoms with van der Waals surface area (Å²) < 4.78 is 4.93. The largest absolute Gasteiger partial charge is 0.465 e. The number of aryl methyl sites for hydroxylation is 1. The summed E-state index contributed by atoms with van der Waals surface area (Å²) in [6.07, 6.45) is 1.85. The third-order valence-electron chi connectivity index (χ3n) is 2.66.